The number of ether oxygens (including phenoxy) is 1. The second-order valence-electron chi connectivity index (χ2n) is 5.54. The molecule has 2 aromatic carbocycles. The van der Waals surface area contributed by atoms with Crippen LogP contribution in [0.1, 0.15) is 18.4 Å². The van der Waals surface area contributed by atoms with Gasteiger partial charge in [0.25, 0.3) is 0 Å². The van der Waals surface area contributed by atoms with Gasteiger partial charge in [-0.15, -0.1) is 0 Å². The van der Waals surface area contributed by atoms with Crippen LogP contribution in [0.15, 0.2) is 42.5 Å². The van der Waals surface area contributed by atoms with Gasteiger partial charge in [-0.25, -0.2) is 8.78 Å². The number of nitrogens with zero attached hydrogens (tertiary/aromatic N) is 2. The van der Waals surface area contributed by atoms with E-state index in [1.165, 1.54) is 18.2 Å². The van der Waals surface area contributed by atoms with E-state index in [1.54, 1.807) is 24.3 Å². The van der Waals surface area contributed by atoms with E-state index in [0.717, 1.165) is 12.8 Å². The molecule has 0 aromatic heterocycles. The van der Waals surface area contributed by atoms with Crippen molar-refractivity contribution in [3.05, 3.63) is 59.7 Å². The van der Waals surface area contributed by atoms with Gasteiger partial charge in [0.1, 0.15) is 23.5 Å². The molecule has 0 spiro atoms. The Balaban J connectivity index is 1.60. The van der Waals surface area contributed by atoms with Crippen LogP contribution in [-0.2, 0) is 0 Å². The monoisotopic (exact) mass is 314 g/mol. The summed E-state index contributed by atoms with van der Waals surface area (Å²) >= 11 is 0. The average Bonchev–Trinajstić information content (AvgIpc) is 2.58. The SMILES string of the molecule is N#Cc1ccc(N2CCC(Oc3ccc(F)cc3)CC2)c(F)c1. The maximum Gasteiger partial charge on any atom is 0.147 e. The van der Waals surface area contributed by atoms with Gasteiger partial charge in [0.2, 0.25) is 0 Å². The van der Waals surface area contributed by atoms with Gasteiger partial charge in [-0.3, -0.25) is 0 Å². The molecule has 1 fully saturated rings. The minimum Gasteiger partial charge on any atom is -0.490 e. The van der Waals surface area contributed by atoms with E-state index in [2.05, 4.69) is 0 Å². The van der Waals surface area contributed by atoms with Crippen molar-refractivity contribution < 1.29 is 13.5 Å². The highest BCUT2D eigenvalue weighted by molar-refractivity contribution is 5.51. The molecular weight excluding hydrogens is 298 g/mol. The molecule has 118 valence electrons. The van der Waals surface area contributed by atoms with E-state index in [-0.39, 0.29) is 17.7 Å². The summed E-state index contributed by atoms with van der Waals surface area (Å²) in [6.07, 6.45) is 1.56. The third-order valence-electron chi connectivity index (χ3n) is 3.98. The quantitative estimate of drug-likeness (QED) is 0.862. The molecule has 2 aromatic rings. The Morgan fingerprint density at radius 2 is 1.74 bits per heavy atom. The number of halogens is 2. The molecule has 3 nitrogen and oxygen atoms in total. The van der Waals surface area contributed by atoms with Gasteiger partial charge in [-0.05, 0) is 42.5 Å². The second kappa shape index (κ2) is 6.66. The zero-order valence-corrected chi connectivity index (χ0v) is 12.5. The summed E-state index contributed by atoms with van der Waals surface area (Å²) in [5.41, 5.74) is 0.838. The highest BCUT2D eigenvalue weighted by Crippen LogP contribution is 2.26. The number of benzene rings is 2. The van der Waals surface area contributed by atoms with Crippen LogP contribution in [0.4, 0.5) is 14.5 Å². The van der Waals surface area contributed by atoms with Crippen molar-refractivity contribution in [2.45, 2.75) is 18.9 Å². The molecule has 1 saturated heterocycles. The molecule has 0 amide bonds. The zero-order valence-electron chi connectivity index (χ0n) is 12.5. The molecule has 0 bridgehead atoms. The minimum absolute atomic E-state index is 0.0400. The number of hydrogen-bond acceptors (Lipinski definition) is 3. The number of hydrogen-bond donors (Lipinski definition) is 0. The lowest BCUT2D eigenvalue weighted by atomic mass is 10.1. The third kappa shape index (κ3) is 3.59. The predicted octanol–water partition coefficient (Wildman–Crippen LogP) is 3.88. The first-order valence-electron chi connectivity index (χ1n) is 7.52. The van der Waals surface area contributed by atoms with E-state index in [0.29, 0.717) is 30.1 Å². The average molecular weight is 314 g/mol. The molecule has 1 aliphatic rings. The van der Waals surface area contributed by atoms with E-state index in [1.807, 2.05) is 11.0 Å². The highest BCUT2D eigenvalue weighted by Gasteiger charge is 2.22. The summed E-state index contributed by atoms with van der Waals surface area (Å²) < 4.78 is 32.8. The number of piperidine rings is 1. The lowest BCUT2D eigenvalue weighted by Crippen LogP contribution is -2.38. The van der Waals surface area contributed by atoms with Gasteiger partial charge < -0.3 is 9.64 Å². The normalized spacial score (nSPS) is 15.3. The largest absolute Gasteiger partial charge is 0.490 e. The van der Waals surface area contributed by atoms with Gasteiger partial charge in [-0.1, -0.05) is 0 Å². The van der Waals surface area contributed by atoms with Gasteiger partial charge in [0, 0.05) is 25.9 Å². The maximum absolute atomic E-state index is 14.0. The number of anilines is 1. The summed E-state index contributed by atoms with van der Waals surface area (Å²) in [6, 6.07) is 12.4. The van der Waals surface area contributed by atoms with Crippen LogP contribution in [0.2, 0.25) is 0 Å². The van der Waals surface area contributed by atoms with Crippen molar-refractivity contribution in [1.29, 1.82) is 5.26 Å². The van der Waals surface area contributed by atoms with Crippen LogP contribution in [0, 0.1) is 23.0 Å². The summed E-state index contributed by atoms with van der Waals surface area (Å²) in [6.45, 7) is 1.35. The minimum atomic E-state index is -0.373. The van der Waals surface area contributed by atoms with E-state index < -0.39 is 0 Å². The first-order chi connectivity index (χ1) is 11.2. The van der Waals surface area contributed by atoms with E-state index in [9.17, 15) is 8.78 Å². The molecule has 0 radical (unpaired) electrons. The van der Waals surface area contributed by atoms with Crippen LogP contribution >= 0.6 is 0 Å². The molecule has 0 aliphatic carbocycles. The smallest absolute Gasteiger partial charge is 0.147 e. The van der Waals surface area contributed by atoms with Crippen molar-refractivity contribution in [3.63, 3.8) is 0 Å². The number of nitriles is 1. The molecule has 0 atom stereocenters. The van der Waals surface area contributed by atoms with Gasteiger partial charge >= 0.3 is 0 Å². The summed E-state index contributed by atoms with van der Waals surface area (Å²) in [7, 11) is 0. The molecule has 0 unspecified atom stereocenters. The van der Waals surface area contributed by atoms with Crippen LogP contribution in [0.25, 0.3) is 0 Å². The Hall–Kier alpha value is -2.61. The lowest BCUT2D eigenvalue weighted by molar-refractivity contribution is 0.170. The van der Waals surface area contributed by atoms with Crippen molar-refractivity contribution in [2.75, 3.05) is 18.0 Å². The van der Waals surface area contributed by atoms with E-state index in [4.69, 9.17) is 10.00 Å². The Labute approximate surface area is 133 Å². The Bertz CT molecular complexity index is 717. The number of rotatable bonds is 3. The first kappa shape index (κ1) is 15.3. The molecule has 1 heterocycles. The van der Waals surface area contributed by atoms with Crippen LogP contribution in [-0.4, -0.2) is 19.2 Å². The second-order valence-corrected chi connectivity index (χ2v) is 5.54. The van der Waals surface area contributed by atoms with Gasteiger partial charge in [0.05, 0.1) is 17.3 Å². The summed E-state index contributed by atoms with van der Waals surface area (Å²) in [5, 5.41) is 8.79. The van der Waals surface area contributed by atoms with Crippen molar-refractivity contribution in [2.24, 2.45) is 0 Å². The van der Waals surface area contributed by atoms with Crippen molar-refractivity contribution in [1.82, 2.24) is 0 Å². The predicted molar refractivity (Wildman–Crippen MR) is 83.4 cm³/mol. The molecule has 0 N–H and O–H groups in total. The van der Waals surface area contributed by atoms with Crippen LogP contribution in [0.5, 0.6) is 5.75 Å². The van der Waals surface area contributed by atoms with Gasteiger partial charge in [-0.2, -0.15) is 5.26 Å². The fourth-order valence-corrected chi connectivity index (χ4v) is 2.75. The summed E-state index contributed by atoms with van der Waals surface area (Å²) in [4.78, 5) is 1.96. The molecule has 3 rings (SSSR count). The zero-order chi connectivity index (χ0) is 16.2. The lowest BCUT2D eigenvalue weighted by Gasteiger charge is -2.33. The fourth-order valence-electron chi connectivity index (χ4n) is 2.75. The standard InChI is InChI=1S/C18H16F2N2O/c19-14-2-4-15(5-3-14)23-16-7-9-22(10-8-16)18-6-1-13(12-21)11-17(18)20/h1-6,11,16H,7-10H2. The molecular formula is C18H16F2N2O. The maximum atomic E-state index is 14.0. The van der Waals surface area contributed by atoms with Crippen LogP contribution < -0.4 is 9.64 Å². The van der Waals surface area contributed by atoms with E-state index >= 15 is 0 Å². The van der Waals surface area contributed by atoms with Crippen LogP contribution in [0.3, 0.4) is 0 Å². The molecule has 1 aliphatic heterocycles. The van der Waals surface area contributed by atoms with Crippen molar-refractivity contribution in [3.8, 4) is 11.8 Å². The molecule has 23 heavy (non-hydrogen) atoms. The molecule has 0 saturated carbocycles. The Kier molecular flexibility index (Phi) is 4.42. The van der Waals surface area contributed by atoms with Crippen molar-refractivity contribution >= 4 is 5.69 Å². The Morgan fingerprint density at radius 3 is 2.35 bits per heavy atom. The Morgan fingerprint density at radius 1 is 1.04 bits per heavy atom. The highest BCUT2D eigenvalue weighted by atomic mass is 19.1. The fraction of sp³-hybridized carbons (Fsp3) is 0.278. The van der Waals surface area contributed by atoms with Gasteiger partial charge in [0.15, 0.2) is 0 Å². The summed E-state index contributed by atoms with van der Waals surface area (Å²) in [5.74, 6) is -0.0141. The first-order valence-corrected chi connectivity index (χ1v) is 7.52. The topological polar surface area (TPSA) is 36.3 Å². The molecule has 5 heteroatoms. The third-order valence-corrected chi connectivity index (χ3v) is 3.98.